The topological polar surface area (TPSA) is 63.7 Å². The van der Waals surface area contributed by atoms with E-state index in [-0.39, 0.29) is 17.7 Å². The van der Waals surface area contributed by atoms with Crippen LogP contribution in [0, 0.1) is 17.8 Å². The van der Waals surface area contributed by atoms with Crippen molar-refractivity contribution in [3.8, 4) is 5.75 Å². The Hall–Kier alpha value is -5.03. The van der Waals surface area contributed by atoms with Crippen LogP contribution in [-0.2, 0) is 14.4 Å². The fourth-order valence-corrected chi connectivity index (χ4v) is 6.90. The number of nitrogens with zero attached hydrogens (tertiary/aromatic N) is 1. The summed E-state index contributed by atoms with van der Waals surface area (Å²) in [6, 6.07) is 35.0. The summed E-state index contributed by atoms with van der Waals surface area (Å²) in [5.74, 6) is -3.49. The van der Waals surface area contributed by atoms with Crippen molar-refractivity contribution in [1.29, 1.82) is 0 Å². The summed E-state index contributed by atoms with van der Waals surface area (Å²) >= 11 is 0. The van der Waals surface area contributed by atoms with Crippen LogP contribution in [0.4, 0.5) is 5.69 Å². The molecule has 2 heterocycles. The minimum Gasteiger partial charge on any atom is -0.425 e. The average molecular weight is 522 g/mol. The molecule has 0 bridgehead atoms. The van der Waals surface area contributed by atoms with Crippen LogP contribution in [-0.4, -0.2) is 17.8 Å². The Morgan fingerprint density at radius 3 is 2.12 bits per heavy atom. The second-order valence-corrected chi connectivity index (χ2v) is 10.7. The van der Waals surface area contributed by atoms with Gasteiger partial charge in [-0.25, -0.2) is 4.90 Å². The predicted octanol–water partition coefficient (Wildman–Crippen LogP) is 6.51. The van der Waals surface area contributed by atoms with Crippen LogP contribution >= 0.6 is 0 Å². The molecule has 0 N–H and O–H groups in total. The second kappa shape index (κ2) is 8.48. The summed E-state index contributed by atoms with van der Waals surface area (Å²) in [7, 11) is 0. The van der Waals surface area contributed by atoms with Crippen LogP contribution in [0.2, 0.25) is 0 Å². The van der Waals surface area contributed by atoms with E-state index >= 15 is 0 Å². The first kappa shape index (κ1) is 22.9. The molecule has 5 aromatic rings. The number of ether oxygens (including phenoxy) is 1. The molecule has 5 aromatic carbocycles. The van der Waals surface area contributed by atoms with Gasteiger partial charge in [0, 0.05) is 11.5 Å². The third-order valence-corrected chi connectivity index (χ3v) is 8.66. The molecular weight excluding hydrogens is 498 g/mol. The first-order valence-electron chi connectivity index (χ1n) is 13.5. The van der Waals surface area contributed by atoms with Crippen molar-refractivity contribution in [2.24, 2.45) is 17.8 Å². The molecule has 0 spiro atoms. The fraction of sp³-hybridized carbons (Fsp3) is 0.114. The molecule has 5 heteroatoms. The quantitative estimate of drug-likeness (QED) is 0.151. The van der Waals surface area contributed by atoms with Gasteiger partial charge >= 0.3 is 5.97 Å². The maximum absolute atomic E-state index is 14.3. The summed E-state index contributed by atoms with van der Waals surface area (Å²) in [6.07, 6.45) is 2.04. The zero-order valence-electron chi connectivity index (χ0n) is 21.4. The van der Waals surface area contributed by atoms with Gasteiger partial charge in [-0.1, -0.05) is 97.1 Å². The van der Waals surface area contributed by atoms with Gasteiger partial charge in [0.25, 0.3) is 0 Å². The van der Waals surface area contributed by atoms with Crippen LogP contribution in [0.15, 0.2) is 115 Å². The molecule has 1 aliphatic carbocycles. The molecule has 1 saturated heterocycles. The highest BCUT2D eigenvalue weighted by atomic mass is 16.5. The maximum atomic E-state index is 14.3. The number of esters is 1. The lowest BCUT2D eigenvalue weighted by Gasteiger charge is -2.38. The van der Waals surface area contributed by atoms with E-state index in [1.165, 1.54) is 4.90 Å². The van der Waals surface area contributed by atoms with E-state index in [4.69, 9.17) is 4.74 Å². The Balaban J connectivity index is 1.34. The smallest absolute Gasteiger partial charge is 0.319 e. The monoisotopic (exact) mass is 521 g/mol. The number of carbonyl (C=O) groups excluding carboxylic acids is 3. The molecule has 0 unspecified atom stereocenters. The molecule has 2 amide bonds. The van der Waals surface area contributed by atoms with E-state index in [0.29, 0.717) is 11.4 Å². The Kier molecular flexibility index (Phi) is 4.86. The molecule has 40 heavy (non-hydrogen) atoms. The average Bonchev–Trinajstić information content (AvgIpc) is 3.26. The predicted molar refractivity (Wildman–Crippen MR) is 154 cm³/mol. The van der Waals surface area contributed by atoms with Crippen LogP contribution in [0.25, 0.3) is 27.1 Å². The van der Waals surface area contributed by atoms with Crippen LogP contribution in [0.1, 0.15) is 17.0 Å². The van der Waals surface area contributed by atoms with Crippen molar-refractivity contribution in [1.82, 2.24) is 0 Å². The lowest BCUT2D eigenvalue weighted by Crippen LogP contribution is -2.42. The van der Waals surface area contributed by atoms with E-state index in [2.05, 4.69) is 0 Å². The molecule has 8 rings (SSSR count). The summed E-state index contributed by atoms with van der Waals surface area (Å²) < 4.78 is 5.88. The molecule has 2 aliphatic heterocycles. The largest absolute Gasteiger partial charge is 0.425 e. The fourth-order valence-electron chi connectivity index (χ4n) is 6.90. The van der Waals surface area contributed by atoms with E-state index < -0.39 is 23.7 Å². The molecule has 0 radical (unpaired) electrons. The Morgan fingerprint density at radius 1 is 0.625 bits per heavy atom. The summed E-state index contributed by atoms with van der Waals surface area (Å²) in [5.41, 5.74) is 3.04. The number of hydrogen-bond acceptors (Lipinski definition) is 4. The van der Waals surface area contributed by atoms with Gasteiger partial charge in [-0.2, -0.15) is 0 Å². The van der Waals surface area contributed by atoms with Gasteiger partial charge in [-0.15, -0.1) is 0 Å². The van der Waals surface area contributed by atoms with Crippen molar-refractivity contribution in [3.05, 3.63) is 126 Å². The number of imide groups is 1. The first-order chi connectivity index (χ1) is 19.6. The van der Waals surface area contributed by atoms with Gasteiger partial charge in [-0.05, 0) is 50.9 Å². The highest BCUT2D eigenvalue weighted by Gasteiger charge is 2.60. The van der Waals surface area contributed by atoms with Crippen molar-refractivity contribution in [2.45, 2.75) is 5.92 Å². The Labute approximate surface area is 230 Å². The minimum atomic E-state index is -0.871. The zero-order chi connectivity index (χ0) is 27.0. The Bertz CT molecular complexity index is 1920. The van der Waals surface area contributed by atoms with Gasteiger partial charge in [-0.3, -0.25) is 14.4 Å². The molecule has 0 saturated carbocycles. The number of anilines is 1. The van der Waals surface area contributed by atoms with E-state index in [1.807, 2.05) is 115 Å². The first-order valence-corrected chi connectivity index (χ1v) is 13.5. The van der Waals surface area contributed by atoms with Gasteiger partial charge in [0.15, 0.2) is 0 Å². The molecular formula is C35H23NO4. The number of fused-ring (bicyclic) bond motifs is 8. The highest BCUT2D eigenvalue weighted by Crippen LogP contribution is 2.55. The zero-order valence-corrected chi connectivity index (χ0v) is 21.4. The second-order valence-electron chi connectivity index (χ2n) is 10.7. The minimum absolute atomic E-state index is 0.286. The number of allylic oxidation sites excluding steroid dienone is 1. The van der Waals surface area contributed by atoms with Crippen molar-refractivity contribution in [2.75, 3.05) is 4.90 Å². The SMILES string of the molecule is O=C1Oc2ccc3ccccc3c2C2=C[C@H](c3ccccc3)[C@@H]3C(=O)N(c4ccc5ccccc5c4)C(=O)[C@@H]3[C@H]12. The Morgan fingerprint density at radius 2 is 1.30 bits per heavy atom. The number of rotatable bonds is 2. The lowest BCUT2D eigenvalue weighted by molar-refractivity contribution is -0.142. The van der Waals surface area contributed by atoms with Gasteiger partial charge < -0.3 is 4.74 Å². The standard InChI is InChI=1S/C35H23NO4/c37-33-30-26(21-9-2-1-3-10-21)19-27-29-25-13-7-6-11-22(25)15-17-28(29)40-35(39)31(27)32(30)34(38)36(33)24-16-14-20-8-4-5-12-23(20)18-24/h1-19,26,30-32H/t26-,30+,31-,32+/m1/s1. The van der Waals surface area contributed by atoms with Crippen LogP contribution in [0.3, 0.4) is 0 Å². The highest BCUT2D eigenvalue weighted by molar-refractivity contribution is 6.25. The van der Waals surface area contributed by atoms with Gasteiger partial charge in [0.2, 0.25) is 11.8 Å². The number of hydrogen-bond donors (Lipinski definition) is 0. The summed E-state index contributed by atoms with van der Waals surface area (Å²) in [5, 5.41) is 3.93. The number of amides is 2. The van der Waals surface area contributed by atoms with Crippen LogP contribution < -0.4 is 9.64 Å². The molecule has 3 aliphatic rings. The van der Waals surface area contributed by atoms with Crippen molar-refractivity contribution in [3.63, 3.8) is 0 Å². The number of carbonyl (C=O) groups is 3. The maximum Gasteiger partial charge on any atom is 0.319 e. The third-order valence-electron chi connectivity index (χ3n) is 8.66. The summed E-state index contributed by atoms with van der Waals surface area (Å²) in [4.78, 5) is 43.5. The van der Waals surface area contributed by atoms with Crippen molar-refractivity contribution < 1.29 is 19.1 Å². The van der Waals surface area contributed by atoms with Gasteiger partial charge in [0.05, 0.1) is 23.4 Å². The van der Waals surface area contributed by atoms with Crippen molar-refractivity contribution >= 4 is 50.6 Å². The molecule has 4 atom stereocenters. The van der Waals surface area contributed by atoms with Gasteiger partial charge in [0.1, 0.15) is 5.75 Å². The van der Waals surface area contributed by atoms with Crippen LogP contribution in [0.5, 0.6) is 5.75 Å². The summed E-state index contributed by atoms with van der Waals surface area (Å²) in [6.45, 7) is 0. The molecule has 5 nitrogen and oxygen atoms in total. The van der Waals surface area contributed by atoms with E-state index in [9.17, 15) is 14.4 Å². The number of benzene rings is 5. The molecule has 0 aromatic heterocycles. The van der Waals surface area contributed by atoms with E-state index in [0.717, 1.165) is 38.2 Å². The normalized spacial score (nSPS) is 23.4. The third kappa shape index (κ3) is 3.18. The molecule has 192 valence electrons. The molecule has 1 fully saturated rings. The lowest BCUT2D eigenvalue weighted by atomic mass is 9.64. The van der Waals surface area contributed by atoms with E-state index in [1.54, 1.807) is 0 Å².